The maximum atomic E-state index is 5.38. The van der Waals surface area contributed by atoms with Crippen LogP contribution in [0.15, 0.2) is 181 Å². The van der Waals surface area contributed by atoms with Crippen molar-refractivity contribution >= 4 is 54.9 Å². The van der Waals surface area contributed by atoms with Crippen molar-refractivity contribution in [1.82, 2.24) is 9.88 Å². The Kier molecular flexibility index (Phi) is 6.66. The van der Waals surface area contributed by atoms with Gasteiger partial charge in [-0.3, -0.25) is 4.99 Å². The van der Waals surface area contributed by atoms with Gasteiger partial charge in [-0.15, -0.1) is 0 Å². The largest absolute Gasteiger partial charge is 0.340 e. The Morgan fingerprint density at radius 3 is 1.93 bits per heavy atom. The van der Waals surface area contributed by atoms with Crippen molar-refractivity contribution in [3.05, 3.63) is 204 Å². The van der Waals surface area contributed by atoms with Gasteiger partial charge < -0.3 is 9.88 Å². The quantitative estimate of drug-likeness (QED) is 0.196. The minimum Gasteiger partial charge on any atom is -0.340 e. The van der Waals surface area contributed by atoms with Crippen LogP contribution in [-0.4, -0.2) is 10.4 Å². The van der Waals surface area contributed by atoms with E-state index in [2.05, 4.69) is 200 Å². The lowest BCUT2D eigenvalue weighted by Crippen LogP contribution is -2.28. The van der Waals surface area contributed by atoms with E-state index < -0.39 is 0 Å². The predicted molar refractivity (Wildman–Crippen MR) is 227 cm³/mol. The zero-order chi connectivity index (χ0) is 36.0. The molecule has 0 fully saturated rings. The van der Waals surface area contributed by atoms with Crippen LogP contribution in [0.5, 0.6) is 0 Å². The summed E-state index contributed by atoms with van der Waals surface area (Å²) < 4.78 is 2.45. The highest BCUT2D eigenvalue weighted by Crippen LogP contribution is 2.49. The molecular weight excluding hydrogens is 655 g/mol. The SMILES string of the molecule is CC1(C)c2ccccc2-c2ccc(C3=CC(c4cccc(-n5c6ccc7ccccc7c6c6c7ccccc7ccc65)c4)N=C(c4ccccc4)N3)cc21. The molecule has 11 rings (SSSR count). The van der Waals surface area contributed by atoms with E-state index in [1.165, 1.54) is 71.2 Å². The van der Waals surface area contributed by atoms with Gasteiger partial charge in [0.05, 0.1) is 17.1 Å². The molecule has 1 unspecified atom stereocenters. The standard InChI is InChI=1S/C51H37N3/c1-51(2)42-22-11-10-21-40(42)41-26-23-36(30-43(41)51)45-31-44(52-50(53-45)34-15-4-3-5-16-34)35-17-12-18-37(29-35)54-46-27-24-32-13-6-8-19-38(32)48(46)49-39-20-9-7-14-33(39)25-28-47(49)54/h3-31,44H,1-2H3,(H,52,53). The Balaban J connectivity index is 1.09. The lowest BCUT2D eigenvalue weighted by Gasteiger charge is -2.25. The molecule has 3 nitrogen and oxygen atoms in total. The topological polar surface area (TPSA) is 29.3 Å². The van der Waals surface area contributed by atoms with E-state index in [0.29, 0.717) is 0 Å². The van der Waals surface area contributed by atoms with Crippen molar-refractivity contribution in [2.24, 2.45) is 4.99 Å². The molecule has 0 radical (unpaired) electrons. The molecular formula is C51H37N3. The summed E-state index contributed by atoms with van der Waals surface area (Å²) in [6.45, 7) is 4.69. The Hall–Kier alpha value is -6.71. The van der Waals surface area contributed by atoms with E-state index in [9.17, 15) is 0 Å². The summed E-state index contributed by atoms with van der Waals surface area (Å²) in [6, 6.07) is 61.7. The summed E-state index contributed by atoms with van der Waals surface area (Å²) in [5.41, 5.74) is 13.3. The smallest absolute Gasteiger partial charge is 0.133 e. The monoisotopic (exact) mass is 691 g/mol. The van der Waals surface area contributed by atoms with Gasteiger partial charge in [0, 0.05) is 33.1 Å². The first-order valence-electron chi connectivity index (χ1n) is 18.8. The number of hydrogen-bond acceptors (Lipinski definition) is 2. The van der Waals surface area contributed by atoms with E-state index in [4.69, 9.17) is 4.99 Å². The third-order valence-corrected chi connectivity index (χ3v) is 11.8. The maximum Gasteiger partial charge on any atom is 0.133 e. The first-order chi connectivity index (χ1) is 26.5. The molecule has 256 valence electrons. The predicted octanol–water partition coefficient (Wildman–Crippen LogP) is 12.5. The molecule has 54 heavy (non-hydrogen) atoms. The molecule has 0 saturated carbocycles. The third kappa shape index (κ3) is 4.58. The summed E-state index contributed by atoms with van der Waals surface area (Å²) in [7, 11) is 0. The summed E-state index contributed by atoms with van der Waals surface area (Å²) in [6.07, 6.45) is 2.30. The van der Waals surface area contributed by atoms with Crippen molar-refractivity contribution in [2.75, 3.05) is 0 Å². The lowest BCUT2D eigenvalue weighted by atomic mass is 9.82. The number of nitrogens with one attached hydrogen (secondary N) is 1. The molecule has 2 aliphatic rings. The Morgan fingerprint density at radius 2 is 1.19 bits per heavy atom. The summed E-state index contributed by atoms with van der Waals surface area (Å²) in [5.74, 6) is 0.876. The van der Waals surface area contributed by atoms with Gasteiger partial charge in [0.25, 0.3) is 0 Å². The second-order valence-corrected chi connectivity index (χ2v) is 15.2. The van der Waals surface area contributed by atoms with Crippen molar-refractivity contribution in [2.45, 2.75) is 25.3 Å². The Bertz CT molecular complexity index is 2960. The van der Waals surface area contributed by atoms with E-state index in [1.807, 2.05) is 0 Å². The first kappa shape index (κ1) is 30.9. The highest BCUT2D eigenvalue weighted by atomic mass is 15.0. The van der Waals surface area contributed by atoms with Gasteiger partial charge in [-0.1, -0.05) is 153 Å². The average Bonchev–Trinajstić information content (AvgIpc) is 3.70. The van der Waals surface area contributed by atoms with E-state index in [0.717, 1.165) is 28.3 Å². The van der Waals surface area contributed by atoms with E-state index in [-0.39, 0.29) is 11.5 Å². The van der Waals surface area contributed by atoms with Crippen molar-refractivity contribution in [3.8, 4) is 16.8 Å². The average molecular weight is 692 g/mol. The van der Waals surface area contributed by atoms with Crippen LogP contribution in [0.3, 0.4) is 0 Å². The number of rotatable bonds is 4. The van der Waals surface area contributed by atoms with Gasteiger partial charge in [-0.25, -0.2) is 0 Å². The molecule has 9 aromatic rings. The van der Waals surface area contributed by atoms with Gasteiger partial charge in [-0.05, 0) is 91.3 Å². The van der Waals surface area contributed by atoms with Gasteiger partial charge in [0.1, 0.15) is 5.84 Å². The minimum absolute atomic E-state index is 0.0831. The normalized spacial score (nSPS) is 15.9. The number of aliphatic imine (C=N–C) groups is 1. The minimum atomic E-state index is -0.190. The number of hydrogen-bond donors (Lipinski definition) is 1. The van der Waals surface area contributed by atoms with Crippen LogP contribution >= 0.6 is 0 Å². The van der Waals surface area contributed by atoms with Gasteiger partial charge in [0.2, 0.25) is 0 Å². The van der Waals surface area contributed by atoms with Crippen LogP contribution < -0.4 is 5.32 Å². The molecule has 1 aliphatic heterocycles. The first-order valence-corrected chi connectivity index (χ1v) is 18.8. The van der Waals surface area contributed by atoms with Crippen molar-refractivity contribution < 1.29 is 0 Å². The van der Waals surface area contributed by atoms with E-state index >= 15 is 0 Å². The molecule has 1 N–H and O–H groups in total. The fourth-order valence-electron chi connectivity index (χ4n) is 9.16. The second kappa shape index (κ2) is 11.6. The number of fused-ring (bicyclic) bond motifs is 10. The van der Waals surface area contributed by atoms with Crippen LogP contribution in [-0.2, 0) is 5.41 Å². The maximum absolute atomic E-state index is 5.38. The Labute approximate surface area is 314 Å². The Morgan fingerprint density at radius 1 is 0.537 bits per heavy atom. The molecule has 1 atom stereocenters. The van der Waals surface area contributed by atoms with E-state index in [1.54, 1.807) is 0 Å². The lowest BCUT2D eigenvalue weighted by molar-refractivity contribution is 0.660. The summed E-state index contributed by atoms with van der Waals surface area (Å²) in [5, 5.41) is 11.4. The molecule has 1 aliphatic carbocycles. The highest BCUT2D eigenvalue weighted by Gasteiger charge is 2.35. The van der Waals surface area contributed by atoms with Crippen LogP contribution in [0.25, 0.3) is 65.9 Å². The number of nitrogens with zero attached hydrogens (tertiary/aromatic N) is 2. The van der Waals surface area contributed by atoms with Crippen LogP contribution in [0.2, 0.25) is 0 Å². The zero-order valence-corrected chi connectivity index (χ0v) is 30.2. The van der Waals surface area contributed by atoms with Crippen LogP contribution in [0.4, 0.5) is 0 Å². The third-order valence-electron chi connectivity index (χ3n) is 11.8. The molecule has 3 heteroatoms. The van der Waals surface area contributed by atoms with Gasteiger partial charge in [-0.2, -0.15) is 0 Å². The summed E-state index contributed by atoms with van der Waals surface area (Å²) >= 11 is 0. The summed E-state index contributed by atoms with van der Waals surface area (Å²) in [4.78, 5) is 5.38. The molecule has 0 saturated heterocycles. The zero-order valence-electron chi connectivity index (χ0n) is 30.2. The molecule has 0 bridgehead atoms. The molecule has 2 heterocycles. The van der Waals surface area contributed by atoms with Crippen LogP contribution in [0.1, 0.15) is 47.7 Å². The molecule has 0 amide bonds. The number of amidine groups is 1. The molecule has 1 aromatic heterocycles. The molecule has 0 spiro atoms. The number of aromatic nitrogens is 1. The highest BCUT2D eigenvalue weighted by molar-refractivity contribution is 6.28. The second-order valence-electron chi connectivity index (χ2n) is 15.2. The van der Waals surface area contributed by atoms with Crippen molar-refractivity contribution in [3.63, 3.8) is 0 Å². The van der Waals surface area contributed by atoms with Crippen molar-refractivity contribution in [1.29, 1.82) is 0 Å². The van der Waals surface area contributed by atoms with Gasteiger partial charge >= 0.3 is 0 Å². The fourth-order valence-corrected chi connectivity index (χ4v) is 9.16. The molecule has 8 aromatic carbocycles. The fraction of sp³-hybridized carbons (Fsp3) is 0.0784. The van der Waals surface area contributed by atoms with Crippen LogP contribution in [0, 0.1) is 0 Å². The van der Waals surface area contributed by atoms with Gasteiger partial charge in [0.15, 0.2) is 0 Å². The number of benzene rings is 8.